The van der Waals surface area contributed by atoms with Gasteiger partial charge in [0.15, 0.2) is 10.8 Å². The number of aromatic nitrogens is 1. The van der Waals surface area contributed by atoms with E-state index in [4.69, 9.17) is 4.42 Å². The number of nitrogens with one attached hydrogen (secondary N) is 2. The molecule has 6 heteroatoms. The van der Waals surface area contributed by atoms with E-state index in [0.717, 1.165) is 48.2 Å². The van der Waals surface area contributed by atoms with Crippen molar-refractivity contribution in [2.75, 3.05) is 13.1 Å². The molecule has 21 heavy (non-hydrogen) atoms. The minimum absolute atomic E-state index is 0.0381. The Morgan fingerprint density at radius 1 is 1.57 bits per heavy atom. The van der Waals surface area contributed by atoms with E-state index in [-0.39, 0.29) is 11.9 Å². The van der Waals surface area contributed by atoms with Crippen LogP contribution in [0.15, 0.2) is 21.9 Å². The van der Waals surface area contributed by atoms with Gasteiger partial charge in [0, 0.05) is 18.0 Å². The van der Waals surface area contributed by atoms with Crippen LogP contribution in [0.2, 0.25) is 0 Å². The largest absolute Gasteiger partial charge is 0.459 e. The van der Waals surface area contributed by atoms with E-state index >= 15 is 0 Å². The quantitative estimate of drug-likeness (QED) is 0.908. The van der Waals surface area contributed by atoms with Crippen LogP contribution in [0.1, 0.15) is 24.3 Å². The smallest absolute Gasteiger partial charge is 0.226 e. The molecule has 112 valence electrons. The molecule has 1 amide bonds. The molecule has 3 heterocycles. The maximum absolute atomic E-state index is 12.0. The average Bonchev–Trinajstić information content (AvgIpc) is 3.09. The Kier molecular flexibility index (Phi) is 4.36. The lowest BCUT2D eigenvalue weighted by Gasteiger charge is -2.23. The predicted molar refractivity (Wildman–Crippen MR) is 82.3 cm³/mol. The second-order valence-electron chi connectivity index (χ2n) is 5.34. The van der Waals surface area contributed by atoms with Crippen molar-refractivity contribution in [2.45, 2.75) is 32.2 Å². The lowest BCUT2D eigenvalue weighted by Crippen LogP contribution is -2.46. The van der Waals surface area contributed by atoms with E-state index in [1.807, 2.05) is 24.4 Å². The third-order valence-corrected chi connectivity index (χ3v) is 4.41. The van der Waals surface area contributed by atoms with E-state index in [1.165, 1.54) is 11.3 Å². The van der Waals surface area contributed by atoms with Crippen LogP contribution in [0.4, 0.5) is 0 Å². The number of thiazole rings is 1. The SMILES string of the molecule is Cc1ccc(-c2nc(CC(=O)N[C@H]3CCCNC3)cs2)o1. The van der Waals surface area contributed by atoms with Crippen molar-refractivity contribution >= 4 is 17.2 Å². The fraction of sp³-hybridized carbons (Fsp3) is 0.467. The number of hydrogen-bond acceptors (Lipinski definition) is 5. The van der Waals surface area contributed by atoms with Crippen molar-refractivity contribution in [1.82, 2.24) is 15.6 Å². The molecule has 1 fully saturated rings. The first-order valence-electron chi connectivity index (χ1n) is 7.22. The maximum atomic E-state index is 12.0. The number of carbonyl (C=O) groups excluding carboxylic acids is 1. The highest BCUT2D eigenvalue weighted by molar-refractivity contribution is 7.13. The second kappa shape index (κ2) is 6.41. The Morgan fingerprint density at radius 2 is 2.48 bits per heavy atom. The highest BCUT2D eigenvalue weighted by atomic mass is 32.1. The molecule has 1 aliphatic rings. The Hall–Kier alpha value is -1.66. The van der Waals surface area contributed by atoms with Crippen molar-refractivity contribution in [3.05, 3.63) is 29.0 Å². The van der Waals surface area contributed by atoms with Crippen molar-refractivity contribution in [2.24, 2.45) is 0 Å². The summed E-state index contributed by atoms with van der Waals surface area (Å²) < 4.78 is 5.55. The lowest BCUT2D eigenvalue weighted by atomic mass is 10.1. The highest BCUT2D eigenvalue weighted by Crippen LogP contribution is 2.25. The first-order valence-corrected chi connectivity index (χ1v) is 8.10. The molecule has 1 atom stereocenters. The van der Waals surface area contributed by atoms with Crippen molar-refractivity contribution in [3.8, 4) is 10.8 Å². The summed E-state index contributed by atoms with van der Waals surface area (Å²) in [4.78, 5) is 16.5. The fourth-order valence-corrected chi connectivity index (χ4v) is 3.25. The maximum Gasteiger partial charge on any atom is 0.226 e. The molecule has 1 saturated heterocycles. The number of carbonyl (C=O) groups is 1. The van der Waals surface area contributed by atoms with Gasteiger partial charge in [0.1, 0.15) is 5.76 Å². The van der Waals surface area contributed by atoms with Crippen LogP contribution in [-0.2, 0) is 11.2 Å². The van der Waals surface area contributed by atoms with Crippen LogP contribution in [0, 0.1) is 6.92 Å². The van der Waals surface area contributed by atoms with Gasteiger partial charge in [0.05, 0.1) is 12.1 Å². The summed E-state index contributed by atoms with van der Waals surface area (Å²) in [6, 6.07) is 4.07. The molecule has 3 rings (SSSR count). The number of hydrogen-bond donors (Lipinski definition) is 2. The van der Waals surface area contributed by atoms with Crippen LogP contribution in [0.25, 0.3) is 10.8 Å². The number of furan rings is 1. The zero-order valence-corrected chi connectivity index (χ0v) is 12.8. The first kappa shape index (κ1) is 14.3. The van der Waals surface area contributed by atoms with Gasteiger partial charge in [-0.15, -0.1) is 11.3 Å². The normalized spacial score (nSPS) is 18.6. The molecule has 0 spiro atoms. The van der Waals surface area contributed by atoms with Crippen molar-refractivity contribution in [1.29, 1.82) is 0 Å². The zero-order chi connectivity index (χ0) is 14.7. The Labute approximate surface area is 127 Å². The van der Waals surface area contributed by atoms with E-state index in [1.54, 1.807) is 0 Å². The Morgan fingerprint density at radius 3 is 3.19 bits per heavy atom. The average molecular weight is 305 g/mol. The van der Waals surface area contributed by atoms with Crippen molar-refractivity contribution in [3.63, 3.8) is 0 Å². The van der Waals surface area contributed by atoms with Gasteiger partial charge in [-0.05, 0) is 38.4 Å². The summed E-state index contributed by atoms with van der Waals surface area (Å²) >= 11 is 1.51. The summed E-state index contributed by atoms with van der Waals surface area (Å²) in [7, 11) is 0. The molecule has 0 saturated carbocycles. The topological polar surface area (TPSA) is 67.2 Å². The molecule has 0 radical (unpaired) electrons. The summed E-state index contributed by atoms with van der Waals surface area (Å²) in [5.74, 6) is 1.67. The van der Waals surface area contributed by atoms with E-state index in [9.17, 15) is 4.79 Å². The molecule has 0 bridgehead atoms. The lowest BCUT2D eigenvalue weighted by molar-refractivity contribution is -0.121. The van der Waals surface area contributed by atoms with Gasteiger partial charge in [-0.25, -0.2) is 4.98 Å². The molecule has 1 aliphatic heterocycles. The highest BCUT2D eigenvalue weighted by Gasteiger charge is 2.16. The summed E-state index contributed by atoms with van der Waals surface area (Å²) in [6.45, 7) is 3.81. The van der Waals surface area contributed by atoms with Gasteiger partial charge in [0.2, 0.25) is 5.91 Å². The predicted octanol–water partition coefficient (Wildman–Crippen LogP) is 2.12. The van der Waals surface area contributed by atoms with Crippen LogP contribution in [0.3, 0.4) is 0 Å². The second-order valence-corrected chi connectivity index (χ2v) is 6.20. The van der Waals surface area contributed by atoms with Crippen LogP contribution in [0.5, 0.6) is 0 Å². The minimum atomic E-state index is 0.0381. The molecular formula is C15H19N3O2S. The van der Waals surface area contributed by atoms with Gasteiger partial charge < -0.3 is 15.1 Å². The van der Waals surface area contributed by atoms with E-state index in [2.05, 4.69) is 15.6 Å². The van der Waals surface area contributed by atoms with Crippen molar-refractivity contribution < 1.29 is 9.21 Å². The third-order valence-electron chi connectivity index (χ3n) is 3.51. The molecule has 2 N–H and O–H groups in total. The summed E-state index contributed by atoms with van der Waals surface area (Å²) in [5, 5.41) is 9.10. The molecule has 0 aliphatic carbocycles. The number of aryl methyl sites for hydroxylation is 1. The van der Waals surface area contributed by atoms with Gasteiger partial charge >= 0.3 is 0 Å². The van der Waals surface area contributed by atoms with Gasteiger partial charge in [-0.3, -0.25) is 4.79 Å². The Bertz CT molecular complexity index is 614. The van der Waals surface area contributed by atoms with Crippen LogP contribution in [-0.4, -0.2) is 30.0 Å². The van der Waals surface area contributed by atoms with E-state index in [0.29, 0.717) is 6.42 Å². The monoisotopic (exact) mass is 305 g/mol. The number of amides is 1. The number of nitrogens with zero attached hydrogens (tertiary/aromatic N) is 1. The van der Waals surface area contributed by atoms with Gasteiger partial charge in [-0.1, -0.05) is 0 Å². The molecule has 0 unspecified atom stereocenters. The van der Waals surface area contributed by atoms with Gasteiger partial charge in [0.25, 0.3) is 0 Å². The summed E-state index contributed by atoms with van der Waals surface area (Å²) in [5.41, 5.74) is 0.797. The van der Waals surface area contributed by atoms with Crippen LogP contribution >= 0.6 is 11.3 Å². The Balaban J connectivity index is 1.57. The van der Waals surface area contributed by atoms with Gasteiger partial charge in [-0.2, -0.15) is 0 Å². The molecular weight excluding hydrogens is 286 g/mol. The first-order chi connectivity index (χ1) is 10.2. The third kappa shape index (κ3) is 3.71. The molecule has 2 aromatic rings. The van der Waals surface area contributed by atoms with Crippen LogP contribution < -0.4 is 10.6 Å². The molecule has 5 nitrogen and oxygen atoms in total. The van der Waals surface area contributed by atoms with E-state index < -0.39 is 0 Å². The zero-order valence-electron chi connectivity index (χ0n) is 12.0. The molecule has 2 aromatic heterocycles. The number of piperidine rings is 1. The number of rotatable bonds is 4. The summed E-state index contributed by atoms with van der Waals surface area (Å²) in [6.07, 6.45) is 2.49. The molecule has 0 aromatic carbocycles. The fourth-order valence-electron chi connectivity index (χ4n) is 2.47. The minimum Gasteiger partial charge on any atom is -0.459 e. The standard InChI is InChI=1S/C15H19N3O2S/c1-10-4-5-13(20-10)15-18-12(9-21-15)7-14(19)17-11-3-2-6-16-8-11/h4-5,9,11,16H,2-3,6-8H2,1H3,(H,17,19)/t11-/m0/s1.